The number of aromatic nitrogens is 3. The van der Waals surface area contributed by atoms with Crippen LogP contribution >= 0.6 is 0 Å². The molecule has 0 amide bonds. The first-order chi connectivity index (χ1) is 31.5. The maximum absolute atomic E-state index is 5.17. The monoisotopic (exact) mass is 817 g/mol. The topological polar surface area (TPSA) is 30.7 Å². The summed E-state index contributed by atoms with van der Waals surface area (Å²) in [4.78, 5) is 10.3. The zero-order chi connectivity index (χ0) is 42.8. The standard InChI is InChI=1S/C61H43N3/c1-61(2)54-25-11-9-21-50(54)51-36-35-46(38-55(51)61)42-29-27-40(28-30-42)41-31-33-43(34-32-41)49-23-14-24-53-52-22-10-12-26-58(52)64(59(49)53)48-20-13-19-47(37-48)60-62-56(44-15-5-3-6-16-44)39-57(63-60)45-17-7-4-8-18-45/h3-39H,1-2H3. The van der Waals surface area contributed by atoms with E-state index in [0.717, 1.165) is 39.3 Å². The van der Waals surface area contributed by atoms with E-state index in [1.165, 1.54) is 71.9 Å². The number of nitrogens with zero attached hydrogens (tertiary/aromatic N) is 3. The van der Waals surface area contributed by atoms with Gasteiger partial charge in [-0.3, -0.25) is 0 Å². The van der Waals surface area contributed by atoms with Gasteiger partial charge in [-0.1, -0.05) is 208 Å². The molecule has 0 radical (unpaired) electrons. The zero-order valence-corrected chi connectivity index (χ0v) is 35.7. The number of benzene rings is 9. The van der Waals surface area contributed by atoms with Crippen LogP contribution in [0, 0.1) is 0 Å². The number of fused-ring (bicyclic) bond motifs is 6. The summed E-state index contributed by atoms with van der Waals surface area (Å²) in [7, 11) is 0. The number of rotatable bonds is 7. The van der Waals surface area contributed by atoms with Crippen molar-refractivity contribution in [2.75, 3.05) is 0 Å². The van der Waals surface area contributed by atoms with Gasteiger partial charge in [-0.2, -0.15) is 0 Å². The van der Waals surface area contributed by atoms with Gasteiger partial charge >= 0.3 is 0 Å². The first-order valence-corrected chi connectivity index (χ1v) is 22.1. The number of para-hydroxylation sites is 2. The average Bonchev–Trinajstić information content (AvgIpc) is 3.83. The molecule has 0 spiro atoms. The molecule has 3 heteroatoms. The first-order valence-electron chi connectivity index (χ1n) is 22.1. The maximum atomic E-state index is 5.17. The fourth-order valence-electron chi connectivity index (χ4n) is 9.97. The Bertz CT molecular complexity index is 3490. The molecule has 0 bridgehead atoms. The van der Waals surface area contributed by atoms with Crippen LogP contribution in [-0.4, -0.2) is 14.5 Å². The van der Waals surface area contributed by atoms with Crippen LogP contribution < -0.4 is 0 Å². The van der Waals surface area contributed by atoms with Crippen LogP contribution in [0.25, 0.3) is 106 Å². The quantitative estimate of drug-likeness (QED) is 0.160. The predicted octanol–water partition coefficient (Wildman–Crippen LogP) is 15.9. The lowest BCUT2D eigenvalue weighted by atomic mass is 9.81. The highest BCUT2D eigenvalue weighted by atomic mass is 15.0. The highest BCUT2D eigenvalue weighted by Gasteiger charge is 2.35. The molecule has 1 aliphatic carbocycles. The first kappa shape index (κ1) is 37.6. The van der Waals surface area contributed by atoms with Crippen molar-refractivity contribution in [2.24, 2.45) is 0 Å². The van der Waals surface area contributed by atoms with Gasteiger partial charge in [-0.15, -0.1) is 0 Å². The normalized spacial score (nSPS) is 12.7. The molecule has 0 N–H and O–H groups in total. The Kier molecular flexibility index (Phi) is 8.84. The lowest BCUT2D eigenvalue weighted by Crippen LogP contribution is -2.14. The summed E-state index contributed by atoms with van der Waals surface area (Å²) in [5, 5.41) is 2.43. The third-order valence-electron chi connectivity index (χ3n) is 13.3. The second-order valence-corrected chi connectivity index (χ2v) is 17.4. The van der Waals surface area contributed by atoms with E-state index < -0.39 is 0 Å². The third kappa shape index (κ3) is 6.28. The molecule has 2 aromatic heterocycles. The smallest absolute Gasteiger partial charge is 0.160 e. The molecule has 302 valence electrons. The van der Waals surface area contributed by atoms with Crippen LogP contribution in [0.2, 0.25) is 0 Å². The molecule has 0 fully saturated rings. The minimum atomic E-state index is -0.0239. The Hall–Kier alpha value is -8.14. The van der Waals surface area contributed by atoms with Gasteiger partial charge in [0.15, 0.2) is 5.82 Å². The molecule has 11 aromatic rings. The second-order valence-electron chi connectivity index (χ2n) is 17.4. The number of hydrogen-bond donors (Lipinski definition) is 0. The van der Waals surface area contributed by atoms with Crippen molar-refractivity contribution in [3.05, 3.63) is 236 Å². The minimum absolute atomic E-state index is 0.0239. The van der Waals surface area contributed by atoms with Crippen LogP contribution in [0.15, 0.2) is 224 Å². The lowest BCUT2D eigenvalue weighted by molar-refractivity contribution is 0.660. The Morgan fingerprint density at radius 1 is 0.344 bits per heavy atom. The molecule has 0 aliphatic heterocycles. The van der Waals surface area contributed by atoms with Gasteiger partial charge < -0.3 is 4.57 Å². The maximum Gasteiger partial charge on any atom is 0.160 e. The molecule has 2 heterocycles. The number of hydrogen-bond acceptors (Lipinski definition) is 2. The molecular weight excluding hydrogens is 775 g/mol. The Morgan fingerprint density at radius 3 is 1.56 bits per heavy atom. The van der Waals surface area contributed by atoms with E-state index in [-0.39, 0.29) is 5.41 Å². The van der Waals surface area contributed by atoms with Crippen molar-refractivity contribution in [3.63, 3.8) is 0 Å². The average molecular weight is 818 g/mol. The Morgan fingerprint density at radius 2 is 0.859 bits per heavy atom. The van der Waals surface area contributed by atoms with Gasteiger partial charge in [0.2, 0.25) is 0 Å². The molecule has 12 rings (SSSR count). The van der Waals surface area contributed by atoms with E-state index in [1.807, 2.05) is 12.1 Å². The Balaban J connectivity index is 0.908. The van der Waals surface area contributed by atoms with Crippen molar-refractivity contribution < 1.29 is 0 Å². The summed E-state index contributed by atoms with van der Waals surface area (Å²) in [5.41, 5.74) is 20.9. The van der Waals surface area contributed by atoms with Gasteiger partial charge in [0, 0.05) is 44.1 Å². The van der Waals surface area contributed by atoms with E-state index in [0.29, 0.717) is 5.82 Å². The van der Waals surface area contributed by atoms with Crippen LogP contribution in [0.5, 0.6) is 0 Å². The van der Waals surface area contributed by atoms with Crippen molar-refractivity contribution in [3.8, 4) is 84.1 Å². The van der Waals surface area contributed by atoms with Crippen molar-refractivity contribution in [1.82, 2.24) is 14.5 Å². The van der Waals surface area contributed by atoms with Crippen LogP contribution in [0.4, 0.5) is 0 Å². The van der Waals surface area contributed by atoms with Gasteiger partial charge in [0.25, 0.3) is 0 Å². The molecule has 0 atom stereocenters. The second kappa shape index (κ2) is 15.0. The van der Waals surface area contributed by atoms with E-state index in [1.54, 1.807) is 0 Å². The molecule has 64 heavy (non-hydrogen) atoms. The van der Waals surface area contributed by atoms with Crippen molar-refractivity contribution in [1.29, 1.82) is 0 Å². The largest absolute Gasteiger partial charge is 0.309 e. The van der Waals surface area contributed by atoms with E-state index in [9.17, 15) is 0 Å². The zero-order valence-electron chi connectivity index (χ0n) is 35.7. The van der Waals surface area contributed by atoms with Crippen LogP contribution in [0.3, 0.4) is 0 Å². The molecule has 0 unspecified atom stereocenters. The summed E-state index contributed by atoms with van der Waals surface area (Å²) >= 11 is 0. The molecular formula is C61H43N3. The van der Waals surface area contributed by atoms with Crippen LogP contribution in [0.1, 0.15) is 25.0 Å². The highest BCUT2D eigenvalue weighted by Crippen LogP contribution is 2.49. The molecule has 9 aromatic carbocycles. The summed E-state index contributed by atoms with van der Waals surface area (Å²) in [6, 6.07) is 80.8. The van der Waals surface area contributed by atoms with Gasteiger partial charge in [-0.05, 0) is 80.4 Å². The van der Waals surface area contributed by atoms with Crippen LogP contribution in [-0.2, 0) is 5.41 Å². The van der Waals surface area contributed by atoms with Gasteiger partial charge in [0.1, 0.15) is 0 Å². The van der Waals surface area contributed by atoms with Crippen molar-refractivity contribution in [2.45, 2.75) is 19.3 Å². The third-order valence-corrected chi connectivity index (χ3v) is 13.3. The summed E-state index contributed by atoms with van der Waals surface area (Å²) in [6.07, 6.45) is 0. The predicted molar refractivity (Wildman–Crippen MR) is 267 cm³/mol. The van der Waals surface area contributed by atoms with E-state index in [2.05, 4.69) is 231 Å². The summed E-state index contributed by atoms with van der Waals surface area (Å²) in [6.45, 7) is 4.69. The summed E-state index contributed by atoms with van der Waals surface area (Å²) in [5.74, 6) is 0.689. The molecule has 0 saturated carbocycles. The SMILES string of the molecule is CC1(C)c2ccccc2-c2ccc(-c3ccc(-c4ccc(-c5cccc6c7ccccc7n(-c7cccc(-c8nc(-c9ccccc9)cc(-c9ccccc9)n8)c7)c56)cc4)cc3)cc21. The minimum Gasteiger partial charge on any atom is -0.309 e. The van der Waals surface area contributed by atoms with E-state index in [4.69, 9.17) is 9.97 Å². The molecule has 3 nitrogen and oxygen atoms in total. The fourth-order valence-corrected chi connectivity index (χ4v) is 9.97. The summed E-state index contributed by atoms with van der Waals surface area (Å²) < 4.78 is 2.41. The Labute approximate surface area is 373 Å². The van der Waals surface area contributed by atoms with Gasteiger partial charge in [-0.25, -0.2) is 9.97 Å². The molecule has 0 saturated heterocycles. The van der Waals surface area contributed by atoms with Crippen molar-refractivity contribution >= 4 is 21.8 Å². The fraction of sp³-hybridized carbons (Fsp3) is 0.0492. The highest BCUT2D eigenvalue weighted by molar-refractivity contribution is 6.14. The lowest BCUT2D eigenvalue weighted by Gasteiger charge is -2.22. The van der Waals surface area contributed by atoms with E-state index >= 15 is 0 Å². The molecule has 1 aliphatic rings. The van der Waals surface area contributed by atoms with Gasteiger partial charge in [0.05, 0.1) is 22.4 Å².